The molecule has 112 valence electrons. The van der Waals surface area contributed by atoms with E-state index in [-0.39, 0.29) is 5.96 Å². The molecule has 0 aliphatic carbocycles. The Balaban J connectivity index is 2.08. The Labute approximate surface area is 118 Å². The molecule has 0 radical (unpaired) electrons. The Hall–Kier alpha value is -0.770. The number of nitrogens with two attached hydrogens (primary N) is 2. The van der Waals surface area contributed by atoms with Crippen molar-refractivity contribution in [2.75, 3.05) is 26.2 Å². The molecule has 1 atom stereocenters. The maximum absolute atomic E-state index is 5.30. The van der Waals surface area contributed by atoms with Gasteiger partial charge < -0.3 is 16.4 Å². The quantitative estimate of drug-likeness (QED) is 0.422. The molecule has 1 heterocycles. The van der Waals surface area contributed by atoms with Gasteiger partial charge in [0, 0.05) is 6.54 Å². The summed E-state index contributed by atoms with van der Waals surface area (Å²) >= 11 is 0. The van der Waals surface area contributed by atoms with E-state index in [2.05, 4.69) is 23.7 Å². The van der Waals surface area contributed by atoms with E-state index in [4.69, 9.17) is 11.5 Å². The average Bonchev–Trinajstić information content (AvgIpc) is 2.58. The van der Waals surface area contributed by atoms with Gasteiger partial charge in [-0.2, -0.15) is 0 Å². The fourth-order valence-corrected chi connectivity index (χ4v) is 2.90. The minimum atomic E-state index is 0.215. The van der Waals surface area contributed by atoms with Gasteiger partial charge >= 0.3 is 0 Å². The summed E-state index contributed by atoms with van der Waals surface area (Å²) in [5.74, 6) is 2.00. The van der Waals surface area contributed by atoms with Gasteiger partial charge in [0.05, 0.1) is 0 Å². The van der Waals surface area contributed by atoms with Gasteiger partial charge in [-0.05, 0) is 63.6 Å². The third-order valence-corrected chi connectivity index (χ3v) is 4.24. The zero-order valence-corrected chi connectivity index (χ0v) is 12.8. The maximum atomic E-state index is 5.30. The summed E-state index contributed by atoms with van der Waals surface area (Å²) in [6.45, 7) is 9.33. The summed E-state index contributed by atoms with van der Waals surface area (Å²) in [7, 11) is 0. The molecule has 0 bridgehead atoms. The van der Waals surface area contributed by atoms with Crippen LogP contribution in [0.1, 0.15) is 52.4 Å². The molecule has 19 heavy (non-hydrogen) atoms. The van der Waals surface area contributed by atoms with Gasteiger partial charge in [0.1, 0.15) is 0 Å². The van der Waals surface area contributed by atoms with Gasteiger partial charge in [-0.3, -0.25) is 4.99 Å². The molecule has 1 saturated heterocycles. The van der Waals surface area contributed by atoms with Crippen LogP contribution in [0.2, 0.25) is 0 Å². The Morgan fingerprint density at radius 2 is 1.95 bits per heavy atom. The highest BCUT2D eigenvalue weighted by Gasteiger charge is 2.18. The molecule has 0 aromatic carbocycles. The largest absolute Gasteiger partial charge is 0.370 e. The van der Waals surface area contributed by atoms with E-state index in [1.165, 1.54) is 51.7 Å². The van der Waals surface area contributed by atoms with Crippen molar-refractivity contribution in [3.63, 3.8) is 0 Å². The first-order valence-electron chi connectivity index (χ1n) is 7.87. The summed E-state index contributed by atoms with van der Waals surface area (Å²) in [5.41, 5.74) is 10.6. The van der Waals surface area contributed by atoms with Crippen LogP contribution in [0.4, 0.5) is 0 Å². The topological polar surface area (TPSA) is 67.6 Å². The Bertz CT molecular complexity index is 259. The summed E-state index contributed by atoms with van der Waals surface area (Å²) in [4.78, 5) is 6.65. The minimum Gasteiger partial charge on any atom is -0.370 e. The molecule has 1 fully saturated rings. The Morgan fingerprint density at radius 1 is 1.16 bits per heavy atom. The number of hydrogen-bond acceptors (Lipinski definition) is 2. The van der Waals surface area contributed by atoms with E-state index in [0.29, 0.717) is 0 Å². The molecule has 0 spiro atoms. The molecule has 0 amide bonds. The fourth-order valence-electron chi connectivity index (χ4n) is 2.90. The first kappa shape index (κ1) is 16.3. The predicted molar refractivity (Wildman–Crippen MR) is 83.1 cm³/mol. The van der Waals surface area contributed by atoms with Crippen molar-refractivity contribution in [3.05, 3.63) is 0 Å². The number of hydrogen-bond donors (Lipinski definition) is 2. The zero-order valence-electron chi connectivity index (χ0n) is 12.8. The highest BCUT2D eigenvalue weighted by Crippen LogP contribution is 2.24. The van der Waals surface area contributed by atoms with Crippen molar-refractivity contribution in [1.82, 2.24) is 4.90 Å². The van der Waals surface area contributed by atoms with E-state index >= 15 is 0 Å². The lowest BCUT2D eigenvalue weighted by molar-refractivity contribution is 0.266. The van der Waals surface area contributed by atoms with Crippen LogP contribution in [0.15, 0.2) is 4.99 Å². The molecule has 1 rings (SSSR count). The maximum Gasteiger partial charge on any atom is 0.185 e. The van der Waals surface area contributed by atoms with Crippen molar-refractivity contribution in [1.29, 1.82) is 0 Å². The molecule has 0 aromatic heterocycles. The number of nitrogens with zero attached hydrogens (tertiary/aromatic N) is 2. The molecule has 4 nitrogen and oxygen atoms in total. The molecule has 1 aliphatic heterocycles. The SMILES string of the molecule is CC(C)C1CCCN(CCCCCN=C(N)N)CC1. The Kier molecular flexibility index (Phi) is 7.87. The lowest BCUT2D eigenvalue weighted by Crippen LogP contribution is -2.26. The zero-order chi connectivity index (χ0) is 14.1. The van der Waals surface area contributed by atoms with Crippen LogP contribution in [0.5, 0.6) is 0 Å². The van der Waals surface area contributed by atoms with E-state index in [0.717, 1.165) is 24.8 Å². The third kappa shape index (κ3) is 7.41. The van der Waals surface area contributed by atoms with E-state index in [1.807, 2.05) is 0 Å². The van der Waals surface area contributed by atoms with Crippen molar-refractivity contribution in [3.8, 4) is 0 Å². The molecule has 1 unspecified atom stereocenters. The van der Waals surface area contributed by atoms with Gasteiger partial charge in [-0.25, -0.2) is 0 Å². The molecular weight excluding hydrogens is 236 g/mol. The second kappa shape index (κ2) is 9.18. The van der Waals surface area contributed by atoms with Crippen molar-refractivity contribution in [2.45, 2.75) is 52.4 Å². The Morgan fingerprint density at radius 3 is 2.63 bits per heavy atom. The third-order valence-electron chi connectivity index (χ3n) is 4.24. The second-order valence-corrected chi connectivity index (χ2v) is 6.14. The predicted octanol–water partition coefficient (Wildman–Crippen LogP) is 2.19. The van der Waals surface area contributed by atoms with Crippen LogP contribution in [-0.4, -0.2) is 37.0 Å². The number of guanidine groups is 1. The van der Waals surface area contributed by atoms with Crippen LogP contribution in [-0.2, 0) is 0 Å². The second-order valence-electron chi connectivity index (χ2n) is 6.14. The highest BCUT2D eigenvalue weighted by molar-refractivity contribution is 5.75. The van der Waals surface area contributed by atoms with E-state index < -0.39 is 0 Å². The van der Waals surface area contributed by atoms with Gasteiger partial charge in [-0.1, -0.05) is 20.3 Å². The summed E-state index contributed by atoms with van der Waals surface area (Å²) in [6.07, 6.45) is 7.76. The number of aliphatic imine (C=N–C) groups is 1. The lowest BCUT2D eigenvalue weighted by Gasteiger charge is -2.21. The van der Waals surface area contributed by atoms with Crippen molar-refractivity contribution >= 4 is 5.96 Å². The molecule has 4 heteroatoms. The smallest absolute Gasteiger partial charge is 0.185 e. The van der Waals surface area contributed by atoms with E-state index in [9.17, 15) is 0 Å². The van der Waals surface area contributed by atoms with Gasteiger partial charge in [0.25, 0.3) is 0 Å². The number of rotatable bonds is 7. The van der Waals surface area contributed by atoms with Crippen LogP contribution in [0, 0.1) is 11.8 Å². The van der Waals surface area contributed by atoms with Crippen LogP contribution >= 0.6 is 0 Å². The first-order chi connectivity index (χ1) is 9.09. The van der Waals surface area contributed by atoms with Gasteiger partial charge in [-0.15, -0.1) is 0 Å². The van der Waals surface area contributed by atoms with Gasteiger partial charge in [0.2, 0.25) is 0 Å². The van der Waals surface area contributed by atoms with Gasteiger partial charge in [0.15, 0.2) is 5.96 Å². The molecular formula is C15H32N4. The van der Waals surface area contributed by atoms with E-state index in [1.54, 1.807) is 0 Å². The van der Waals surface area contributed by atoms with Crippen molar-refractivity contribution in [2.24, 2.45) is 28.3 Å². The lowest BCUT2D eigenvalue weighted by atomic mass is 9.89. The normalized spacial score (nSPS) is 21.3. The van der Waals surface area contributed by atoms with Crippen LogP contribution in [0.3, 0.4) is 0 Å². The fraction of sp³-hybridized carbons (Fsp3) is 0.933. The number of unbranched alkanes of at least 4 members (excludes halogenated alkanes) is 2. The molecule has 0 saturated carbocycles. The standard InChI is InChI=1S/C15H32N4/c1-13(2)14-7-6-11-19(12-8-14)10-5-3-4-9-18-15(16)17/h13-14H,3-12H2,1-2H3,(H4,16,17,18). The monoisotopic (exact) mass is 268 g/mol. The minimum absolute atomic E-state index is 0.215. The first-order valence-corrected chi connectivity index (χ1v) is 7.87. The average molecular weight is 268 g/mol. The van der Waals surface area contributed by atoms with Crippen LogP contribution in [0.25, 0.3) is 0 Å². The summed E-state index contributed by atoms with van der Waals surface area (Å²) in [5, 5.41) is 0. The van der Waals surface area contributed by atoms with Crippen molar-refractivity contribution < 1.29 is 0 Å². The number of likely N-dealkylation sites (tertiary alicyclic amines) is 1. The highest BCUT2D eigenvalue weighted by atomic mass is 15.1. The molecule has 4 N–H and O–H groups in total. The van der Waals surface area contributed by atoms with Crippen LogP contribution < -0.4 is 11.5 Å². The molecule has 0 aromatic rings. The summed E-state index contributed by atoms with van der Waals surface area (Å²) in [6, 6.07) is 0. The summed E-state index contributed by atoms with van der Waals surface area (Å²) < 4.78 is 0. The molecule has 1 aliphatic rings.